The first-order valence-corrected chi connectivity index (χ1v) is 6.34. The molecule has 0 saturated heterocycles. The number of hydrogen-bond acceptors (Lipinski definition) is 5. The highest BCUT2D eigenvalue weighted by Crippen LogP contribution is 2.21. The summed E-state index contributed by atoms with van der Waals surface area (Å²) >= 11 is 1.68. The second-order valence-electron chi connectivity index (χ2n) is 4.00. The second kappa shape index (κ2) is 5.14. The van der Waals surface area contributed by atoms with Crippen LogP contribution in [0.5, 0.6) is 0 Å². The van der Waals surface area contributed by atoms with Gasteiger partial charge >= 0.3 is 0 Å². The number of aryl methyl sites for hydroxylation is 2. The average molecular weight is 263 g/mol. The van der Waals surface area contributed by atoms with Gasteiger partial charge in [-0.1, -0.05) is 0 Å². The van der Waals surface area contributed by atoms with Crippen molar-refractivity contribution in [2.45, 2.75) is 20.4 Å². The minimum atomic E-state index is -0.437. The topological polar surface area (TPSA) is 68.1 Å². The summed E-state index contributed by atoms with van der Waals surface area (Å²) in [5.41, 5.74) is 2.04. The Morgan fingerprint density at radius 2 is 2.22 bits per heavy atom. The minimum Gasteiger partial charge on any atom is -0.365 e. The molecule has 1 N–H and O–H groups in total. The van der Waals surface area contributed by atoms with Crippen LogP contribution in [0.1, 0.15) is 16.0 Å². The van der Waals surface area contributed by atoms with Gasteiger partial charge in [-0.2, -0.15) is 0 Å². The Hall–Kier alpha value is -1.95. The summed E-state index contributed by atoms with van der Waals surface area (Å²) in [6.07, 6.45) is 1.27. The third-order valence-corrected chi connectivity index (χ3v) is 3.68. The zero-order valence-corrected chi connectivity index (χ0v) is 11.0. The lowest BCUT2D eigenvalue weighted by atomic mass is 10.2. The van der Waals surface area contributed by atoms with Gasteiger partial charge < -0.3 is 5.32 Å². The van der Waals surface area contributed by atoms with Crippen molar-refractivity contribution in [3.05, 3.63) is 49.8 Å². The van der Waals surface area contributed by atoms with Crippen LogP contribution in [-0.2, 0) is 6.54 Å². The Morgan fingerprint density at radius 3 is 2.78 bits per heavy atom. The molecule has 2 aromatic heterocycles. The summed E-state index contributed by atoms with van der Waals surface area (Å²) in [7, 11) is 0. The van der Waals surface area contributed by atoms with Gasteiger partial charge in [0.25, 0.3) is 5.69 Å². The molecule has 0 unspecified atom stereocenters. The van der Waals surface area contributed by atoms with E-state index < -0.39 is 4.92 Å². The van der Waals surface area contributed by atoms with Crippen LogP contribution >= 0.6 is 11.3 Å². The van der Waals surface area contributed by atoms with E-state index in [4.69, 9.17) is 0 Å². The lowest BCUT2D eigenvalue weighted by Gasteiger charge is -2.07. The number of nitro groups is 1. The Kier molecular flexibility index (Phi) is 3.57. The molecule has 6 heteroatoms. The van der Waals surface area contributed by atoms with E-state index in [1.54, 1.807) is 11.3 Å². The van der Waals surface area contributed by atoms with Crippen LogP contribution in [-0.4, -0.2) is 9.91 Å². The Labute approximate surface area is 109 Å². The van der Waals surface area contributed by atoms with Crippen LogP contribution in [0.15, 0.2) is 23.7 Å². The molecule has 0 amide bonds. The summed E-state index contributed by atoms with van der Waals surface area (Å²) in [5, 5.41) is 15.8. The molecule has 94 valence electrons. The van der Waals surface area contributed by atoms with E-state index in [1.807, 2.05) is 12.3 Å². The van der Waals surface area contributed by atoms with Crippen molar-refractivity contribution in [1.82, 2.24) is 4.98 Å². The van der Waals surface area contributed by atoms with E-state index in [0.29, 0.717) is 12.4 Å². The van der Waals surface area contributed by atoms with Crippen molar-refractivity contribution in [2.75, 3.05) is 5.32 Å². The smallest absolute Gasteiger partial charge is 0.287 e. The molecule has 0 spiro atoms. The maximum Gasteiger partial charge on any atom is 0.287 e. The molecule has 0 aliphatic heterocycles. The van der Waals surface area contributed by atoms with E-state index in [0.717, 1.165) is 5.56 Å². The van der Waals surface area contributed by atoms with Crippen molar-refractivity contribution in [1.29, 1.82) is 0 Å². The van der Waals surface area contributed by atoms with Gasteiger partial charge in [-0.15, -0.1) is 11.3 Å². The number of thiophene rings is 1. The van der Waals surface area contributed by atoms with Crippen LogP contribution in [0.4, 0.5) is 11.5 Å². The molecule has 2 rings (SSSR count). The van der Waals surface area contributed by atoms with Gasteiger partial charge in [0, 0.05) is 10.9 Å². The fraction of sp³-hybridized carbons (Fsp3) is 0.250. The van der Waals surface area contributed by atoms with E-state index >= 15 is 0 Å². The molecular formula is C12H13N3O2S. The zero-order valence-electron chi connectivity index (χ0n) is 10.1. The number of nitrogens with one attached hydrogen (secondary N) is 1. The van der Waals surface area contributed by atoms with E-state index in [-0.39, 0.29) is 5.69 Å². The molecular weight excluding hydrogens is 250 g/mol. The number of pyridine rings is 1. The van der Waals surface area contributed by atoms with Crippen LogP contribution in [0.25, 0.3) is 0 Å². The van der Waals surface area contributed by atoms with E-state index in [2.05, 4.69) is 23.3 Å². The highest BCUT2D eigenvalue weighted by atomic mass is 32.1. The predicted octanol–water partition coefficient (Wildman–Crippen LogP) is 3.28. The first-order valence-electron chi connectivity index (χ1n) is 5.46. The van der Waals surface area contributed by atoms with Crippen molar-refractivity contribution in [3.63, 3.8) is 0 Å². The molecule has 0 fully saturated rings. The molecule has 0 radical (unpaired) electrons. The van der Waals surface area contributed by atoms with Gasteiger partial charge in [-0.05, 0) is 36.4 Å². The molecule has 0 bridgehead atoms. The molecule has 0 aromatic carbocycles. The number of aromatic nitrogens is 1. The third kappa shape index (κ3) is 2.65. The van der Waals surface area contributed by atoms with Gasteiger partial charge in [0.05, 0.1) is 11.5 Å². The number of hydrogen-bond donors (Lipinski definition) is 1. The Bertz CT molecular complexity index is 580. The van der Waals surface area contributed by atoms with Gasteiger partial charge in [-0.3, -0.25) is 10.1 Å². The minimum absolute atomic E-state index is 0.0188. The lowest BCUT2D eigenvalue weighted by molar-refractivity contribution is -0.385. The maximum absolute atomic E-state index is 10.6. The molecule has 18 heavy (non-hydrogen) atoms. The summed E-state index contributed by atoms with van der Waals surface area (Å²) in [6, 6.07) is 3.59. The zero-order chi connectivity index (χ0) is 13.1. The van der Waals surface area contributed by atoms with Crippen molar-refractivity contribution >= 4 is 22.8 Å². The average Bonchev–Trinajstić information content (AvgIpc) is 2.73. The molecule has 0 atom stereocenters. The summed E-state index contributed by atoms with van der Waals surface area (Å²) in [4.78, 5) is 15.5. The number of nitrogens with zero attached hydrogens (tertiary/aromatic N) is 2. The monoisotopic (exact) mass is 263 g/mol. The number of rotatable bonds is 4. The van der Waals surface area contributed by atoms with E-state index in [1.165, 1.54) is 22.7 Å². The number of anilines is 1. The van der Waals surface area contributed by atoms with Crippen LogP contribution in [0, 0.1) is 24.0 Å². The van der Waals surface area contributed by atoms with Gasteiger partial charge in [0.15, 0.2) is 0 Å². The standard InChI is InChI=1S/C12H13N3O2S/c1-8-3-4-18-11(8)7-14-12-9(2)5-10(6-13-12)15(16)17/h3-6H,7H2,1-2H3,(H,13,14). The Balaban J connectivity index is 2.11. The molecule has 0 aliphatic carbocycles. The highest BCUT2D eigenvalue weighted by molar-refractivity contribution is 7.10. The van der Waals surface area contributed by atoms with Crippen molar-refractivity contribution in [2.24, 2.45) is 0 Å². The summed E-state index contributed by atoms with van der Waals surface area (Å²) in [5.74, 6) is 0.688. The molecule has 2 aromatic rings. The Morgan fingerprint density at radius 1 is 1.44 bits per heavy atom. The van der Waals surface area contributed by atoms with Gasteiger partial charge in [0.1, 0.15) is 12.0 Å². The van der Waals surface area contributed by atoms with E-state index in [9.17, 15) is 10.1 Å². The lowest BCUT2D eigenvalue weighted by Crippen LogP contribution is -2.03. The third-order valence-electron chi connectivity index (χ3n) is 2.66. The normalized spacial score (nSPS) is 10.3. The van der Waals surface area contributed by atoms with Crippen LogP contribution < -0.4 is 5.32 Å². The van der Waals surface area contributed by atoms with Gasteiger partial charge in [-0.25, -0.2) is 4.98 Å². The van der Waals surface area contributed by atoms with Crippen molar-refractivity contribution in [3.8, 4) is 0 Å². The first-order chi connectivity index (χ1) is 8.58. The van der Waals surface area contributed by atoms with Crippen LogP contribution in [0.3, 0.4) is 0 Å². The summed E-state index contributed by atoms with van der Waals surface area (Å²) < 4.78 is 0. The van der Waals surface area contributed by atoms with Crippen LogP contribution in [0.2, 0.25) is 0 Å². The molecule has 0 saturated carbocycles. The van der Waals surface area contributed by atoms with Crippen molar-refractivity contribution < 1.29 is 4.92 Å². The molecule has 0 aliphatic rings. The molecule has 5 nitrogen and oxygen atoms in total. The summed E-state index contributed by atoms with van der Waals surface area (Å²) in [6.45, 7) is 4.56. The largest absolute Gasteiger partial charge is 0.365 e. The fourth-order valence-electron chi connectivity index (χ4n) is 1.59. The first kappa shape index (κ1) is 12.5. The quantitative estimate of drug-likeness (QED) is 0.679. The maximum atomic E-state index is 10.6. The molecule has 2 heterocycles. The predicted molar refractivity (Wildman–Crippen MR) is 72.0 cm³/mol. The fourth-order valence-corrected chi connectivity index (χ4v) is 2.44. The highest BCUT2D eigenvalue weighted by Gasteiger charge is 2.09. The van der Waals surface area contributed by atoms with Gasteiger partial charge in [0.2, 0.25) is 0 Å². The SMILES string of the molecule is Cc1cc([N+](=O)[O-])cnc1NCc1sccc1C. The second-order valence-corrected chi connectivity index (χ2v) is 5.00.